The smallest absolute Gasteiger partial charge is 0.310 e. The Hall–Kier alpha value is -2.42. The van der Waals surface area contributed by atoms with Crippen LogP contribution in [0.25, 0.3) is 0 Å². The topological polar surface area (TPSA) is 107 Å². The Kier molecular flexibility index (Phi) is 7.78. The summed E-state index contributed by atoms with van der Waals surface area (Å²) in [6.07, 6.45) is -0.643. The normalized spacial score (nSPS) is 18.7. The number of nitrogens with zero attached hydrogens (tertiary/aromatic N) is 1. The summed E-state index contributed by atoms with van der Waals surface area (Å²) in [7, 11) is -3.12. The Morgan fingerprint density at radius 1 is 1.21 bits per heavy atom. The number of amides is 1. The Labute approximate surface area is 171 Å². The van der Waals surface area contributed by atoms with Gasteiger partial charge in [0, 0.05) is 18.2 Å². The first-order chi connectivity index (χ1) is 13.6. The molecule has 1 aromatic rings. The molecule has 160 valence electrons. The van der Waals surface area contributed by atoms with Gasteiger partial charge in [-0.1, -0.05) is 0 Å². The van der Waals surface area contributed by atoms with E-state index in [-0.39, 0.29) is 36.4 Å². The van der Waals surface area contributed by atoms with E-state index >= 15 is 0 Å². The Balaban J connectivity index is 1.80. The van der Waals surface area contributed by atoms with E-state index in [1.807, 2.05) is 0 Å². The summed E-state index contributed by atoms with van der Waals surface area (Å²) in [5, 5.41) is 0. The minimum atomic E-state index is -3.12. The molecule has 1 heterocycles. The van der Waals surface area contributed by atoms with E-state index in [2.05, 4.69) is 0 Å². The molecule has 1 amide bonds. The number of likely N-dealkylation sites (N-methyl/N-ethyl adjacent to an activating group) is 1. The van der Waals surface area contributed by atoms with Gasteiger partial charge in [-0.2, -0.15) is 0 Å². The number of hydrogen-bond acceptors (Lipinski definition) is 7. The van der Waals surface area contributed by atoms with Crippen molar-refractivity contribution in [1.29, 1.82) is 0 Å². The van der Waals surface area contributed by atoms with Gasteiger partial charge in [0.05, 0.1) is 24.5 Å². The van der Waals surface area contributed by atoms with E-state index in [9.17, 15) is 22.8 Å². The minimum absolute atomic E-state index is 0.0456. The molecule has 29 heavy (non-hydrogen) atoms. The highest BCUT2D eigenvalue weighted by Crippen LogP contribution is 2.19. The average molecular weight is 426 g/mol. The fraction of sp³-hybridized carbons (Fsp3) is 0.550. The van der Waals surface area contributed by atoms with Crippen molar-refractivity contribution in [2.75, 3.05) is 24.7 Å². The van der Waals surface area contributed by atoms with Crippen LogP contribution in [-0.2, 0) is 24.2 Å². The number of carbonyl (C=O) groups is 3. The zero-order valence-electron chi connectivity index (χ0n) is 16.9. The number of Topliss-reactive ketones (excluding diaryl/α,β-unsaturated/α-hetero) is 1. The molecule has 0 aliphatic carbocycles. The van der Waals surface area contributed by atoms with E-state index in [1.165, 1.54) is 18.7 Å². The van der Waals surface area contributed by atoms with Gasteiger partial charge in [0.25, 0.3) is 5.91 Å². The molecule has 0 saturated carbocycles. The zero-order valence-corrected chi connectivity index (χ0v) is 17.7. The molecule has 0 N–H and O–H groups in total. The highest BCUT2D eigenvalue weighted by Gasteiger charge is 2.36. The highest BCUT2D eigenvalue weighted by molar-refractivity contribution is 7.91. The molecule has 1 fully saturated rings. The van der Waals surface area contributed by atoms with Crippen molar-refractivity contribution in [1.82, 2.24) is 4.90 Å². The lowest BCUT2D eigenvalue weighted by Crippen LogP contribution is -2.46. The van der Waals surface area contributed by atoms with Crippen molar-refractivity contribution >= 4 is 27.5 Å². The van der Waals surface area contributed by atoms with Crippen LogP contribution in [0.5, 0.6) is 5.75 Å². The van der Waals surface area contributed by atoms with Gasteiger partial charge in [-0.25, -0.2) is 8.42 Å². The van der Waals surface area contributed by atoms with Crippen LogP contribution in [0.3, 0.4) is 0 Å². The first-order valence-corrected chi connectivity index (χ1v) is 11.4. The number of sulfone groups is 1. The van der Waals surface area contributed by atoms with Gasteiger partial charge in [-0.15, -0.1) is 0 Å². The van der Waals surface area contributed by atoms with E-state index in [0.717, 1.165) is 0 Å². The standard InChI is InChI=1S/C20H27NO7S/c1-4-21(17-10-12-29(25,26)13-17)20(24)15(3)28-19(23)9-11-27-18-7-5-16(6-8-18)14(2)22/h5-8,15,17H,4,9-13H2,1-3H3. The second kappa shape index (κ2) is 9.87. The van der Waals surface area contributed by atoms with E-state index in [0.29, 0.717) is 24.3 Å². The van der Waals surface area contributed by atoms with Gasteiger partial charge in [-0.05, 0) is 51.5 Å². The summed E-state index contributed by atoms with van der Waals surface area (Å²) < 4.78 is 34.0. The fourth-order valence-electron chi connectivity index (χ4n) is 3.19. The lowest BCUT2D eigenvalue weighted by molar-refractivity contribution is -0.160. The van der Waals surface area contributed by atoms with Crippen LogP contribution in [0.1, 0.15) is 44.0 Å². The number of rotatable bonds is 9. The van der Waals surface area contributed by atoms with Crippen molar-refractivity contribution in [3.63, 3.8) is 0 Å². The lowest BCUT2D eigenvalue weighted by Gasteiger charge is -2.29. The number of hydrogen-bond donors (Lipinski definition) is 0. The molecule has 2 atom stereocenters. The number of ketones is 1. The predicted molar refractivity (Wildman–Crippen MR) is 107 cm³/mol. The summed E-state index contributed by atoms with van der Waals surface area (Å²) in [6.45, 7) is 5.13. The molecule has 8 nitrogen and oxygen atoms in total. The average Bonchev–Trinajstić information content (AvgIpc) is 3.02. The van der Waals surface area contributed by atoms with Crippen LogP contribution in [0.4, 0.5) is 0 Å². The van der Waals surface area contributed by atoms with Crippen LogP contribution < -0.4 is 4.74 Å². The van der Waals surface area contributed by atoms with Crippen molar-refractivity contribution in [3.8, 4) is 5.75 Å². The Morgan fingerprint density at radius 2 is 1.86 bits per heavy atom. The largest absolute Gasteiger partial charge is 0.493 e. The molecule has 1 aliphatic rings. The van der Waals surface area contributed by atoms with E-state index in [4.69, 9.17) is 9.47 Å². The van der Waals surface area contributed by atoms with Crippen molar-refractivity contribution in [2.24, 2.45) is 0 Å². The van der Waals surface area contributed by atoms with Crippen molar-refractivity contribution < 1.29 is 32.3 Å². The number of esters is 1. The number of benzene rings is 1. The second-order valence-electron chi connectivity index (χ2n) is 6.99. The highest BCUT2D eigenvalue weighted by atomic mass is 32.2. The van der Waals surface area contributed by atoms with Gasteiger partial charge in [0.2, 0.25) is 0 Å². The maximum atomic E-state index is 12.6. The molecular weight excluding hydrogens is 398 g/mol. The third-order valence-corrected chi connectivity index (χ3v) is 6.52. The van der Waals surface area contributed by atoms with Crippen molar-refractivity contribution in [3.05, 3.63) is 29.8 Å². The predicted octanol–water partition coefficient (Wildman–Crippen LogP) is 1.63. The molecule has 0 bridgehead atoms. The molecule has 2 rings (SSSR count). The third kappa shape index (κ3) is 6.56. The third-order valence-electron chi connectivity index (χ3n) is 4.76. The van der Waals surface area contributed by atoms with Gasteiger partial charge in [0.1, 0.15) is 5.75 Å². The summed E-state index contributed by atoms with van der Waals surface area (Å²) in [5.41, 5.74) is 0.569. The molecule has 0 radical (unpaired) electrons. The van der Waals surface area contributed by atoms with Gasteiger partial charge < -0.3 is 14.4 Å². The van der Waals surface area contributed by atoms with Crippen LogP contribution in [0, 0.1) is 0 Å². The van der Waals surface area contributed by atoms with E-state index < -0.39 is 27.8 Å². The first-order valence-electron chi connectivity index (χ1n) is 9.57. The van der Waals surface area contributed by atoms with E-state index in [1.54, 1.807) is 31.2 Å². The summed E-state index contributed by atoms with van der Waals surface area (Å²) >= 11 is 0. The van der Waals surface area contributed by atoms with Crippen molar-refractivity contribution in [2.45, 2.75) is 45.8 Å². The summed E-state index contributed by atoms with van der Waals surface area (Å²) in [4.78, 5) is 37.3. The number of ether oxygens (including phenoxy) is 2. The molecule has 0 spiro atoms. The molecule has 1 aromatic carbocycles. The Bertz CT molecular complexity index is 848. The molecule has 0 aromatic heterocycles. The van der Waals surface area contributed by atoms with Gasteiger partial charge in [-0.3, -0.25) is 14.4 Å². The maximum Gasteiger partial charge on any atom is 0.310 e. The van der Waals surface area contributed by atoms with Crippen LogP contribution in [0.2, 0.25) is 0 Å². The van der Waals surface area contributed by atoms with Crippen LogP contribution in [-0.4, -0.2) is 67.8 Å². The SMILES string of the molecule is CCN(C(=O)C(C)OC(=O)CCOc1ccc(C(C)=O)cc1)C1CCS(=O)(=O)C1. The quantitative estimate of drug-likeness (QED) is 0.437. The van der Waals surface area contributed by atoms with Crippen LogP contribution in [0.15, 0.2) is 24.3 Å². The fourth-order valence-corrected chi connectivity index (χ4v) is 4.92. The second-order valence-corrected chi connectivity index (χ2v) is 9.22. The zero-order chi connectivity index (χ0) is 21.6. The molecular formula is C20H27NO7S. The molecule has 1 saturated heterocycles. The lowest BCUT2D eigenvalue weighted by atomic mass is 10.1. The molecule has 9 heteroatoms. The minimum Gasteiger partial charge on any atom is -0.493 e. The van der Waals surface area contributed by atoms with Gasteiger partial charge >= 0.3 is 5.97 Å². The summed E-state index contributed by atoms with van der Waals surface area (Å²) in [5.74, 6) is -0.490. The maximum absolute atomic E-state index is 12.6. The Morgan fingerprint density at radius 3 is 2.38 bits per heavy atom. The monoisotopic (exact) mass is 425 g/mol. The summed E-state index contributed by atoms with van der Waals surface area (Å²) in [6, 6.07) is 6.19. The molecule has 1 aliphatic heterocycles. The number of carbonyl (C=O) groups excluding carboxylic acids is 3. The van der Waals surface area contributed by atoms with Crippen LogP contribution >= 0.6 is 0 Å². The van der Waals surface area contributed by atoms with Gasteiger partial charge in [0.15, 0.2) is 21.7 Å². The first kappa shape index (κ1) is 22.9. The molecule has 2 unspecified atom stereocenters.